The molecule has 2 amide bonds. The van der Waals surface area contributed by atoms with Crippen molar-refractivity contribution < 1.29 is 14.3 Å². The van der Waals surface area contributed by atoms with Crippen LogP contribution in [0.4, 0.5) is 11.4 Å². The van der Waals surface area contributed by atoms with E-state index in [4.69, 9.17) is 10.5 Å². The zero-order chi connectivity index (χ0) is 14.5. The summed E-state index contributed by atoms with van der Waals surface area (Å²) in [5, 5.41) is 2.79. The number of hydrogen-bond donors (Lipinski definition) is 2. The van der Waals surface area contributed by atoms with E-state index in [9.17, 15) is 9.59 Å². The van der Waals surface area contributed by atoms with Gasteiger partial charge in [-0.25, -0.2) is 0 Å². The van der Waals surface area contributed by atoms with E-state index >= 15 is 0 Å². The van der Waals surface area contributed by atoms with Crippen LogP contribution in [0.5, 0.6) is 5.75 Å². The van der Waals surface area contributed by atoms with Gasteiger partial charge in [0.05, 0.1) is 11.4 Å². The smallest absolute Gasteiger partial charge is 0.264 e. The second kappa shape index (κ2) is 6.62. The van der Waals surface area contributed by atoms with Gasteiger partial charge in [-0.1, -0.05) is 0 Å². The Labute approximate surface area is 121 Å². The highest BCUT2D eigenvalue weighted by Gasteiger charge is 2.22. The van der Waals surface area contributed by atoms with Gasteiger partial charge in [-0.05, 0) is 18.2 Å². The van der Waals surface area contributed by atoms with Crippen LogP contribution in [0.15, 0.2) is 18.2 Å². The van der Waals surface area contributed by atoms with Gasteiger partial charge < -0.3 is 20.7 Å². The van der Waals surface area contributed by atoms with Crippen LogP contribution in [0.3, 0.4) is 0 Å². The molecule has 0 atom stereocenters. The second-order valence-corrected chi connectivity index (χ2v) is 5.42. The van der Waals surface area contributed by atoms with E-state index in [0.717, 1.165) is 5.75 Å². The third-order valence-corrected chi connectivity index (χ3v) is 3.82. The molecule has 2 rings (SSSR count). The van der Waals surface area contributed by atoms with Crippen LogP contribution in [0.2, 0.25) is 0 Å². The summed E-state index contributed by atoms with van der Waals surface area (Å²) in [6.07, 6.45) is 0. The number of thioether (sulfide) groups is 1. The monoisotopic (exact) mass is 295 g/mol. The minimum Gasteiger partial charge on any atom is -0.482 e. The van der Waals surface area contributed by atoms with Crippen molar-refractivity contribution in [2.45, 2.75) is 0 Å². The summed E-state index contributed by atoms with van der Waals surface area (Å²) in [6, 6.07) is 5.24. The fourth-order valence-corrected chi connectivity index (χ4v) is 2.36. The second-order valence-electron chi connectivity index (χ2n) is 4.31. The topological polar surface area (TPSA) is 84.7 Å². The van der Waals surface area contributed by atoms with E-state index in [1.165, 1.54) is 16.7 Å². The molecule has 3 N–H and O–H groups in total. The van der Waals surface area contributed by atoms with Gasteiger partial charge in [0.2, 0.25) is 5.91 Å². The first-order valence-corrected chi connectivity index (χ1v) is 7.38. The number of anilines is 2. The van der Waals surface area contributed by atoms with Gasteiger partial charge in [0, 0.05) is 25.0 Å². The number of hydrogen-bond acceptors (Lipinski definition) is 5. The lowest BCUT2D eigenvalue weighted by molar-refractivity contribution is -0.121. The molecule has 1 aliphatic rings. The molecule has 0 unspecified atom stereocenters. The first-order valence-electron chi connectivity index (χ1n) is 6.23. The van der Waals surface area contributed by atoms with E-state index < -0.39 is 0 Å². The lowest BCUT2D eigenvalue weighted by Crippen LogP contribution is -2.35. The molecule has 0 saturated heterocycles. The highest BCUT2D eigenvalue weighted by Crippen LogP contribution is 2.33. The maximum atomic E-state index is 11.7. The molecule has 0 spiro atoms. The molecule has 0 radical (unpaired) electrons. The maximum absolute atomic E-state index is 11.7. The van der Waals surface area contributed by atoms with Gasteiger partial charge in [-0.2, -0.15) is 11.8 Å². The van der Waals surface area contributed by atoms with Crippen LogP contribution in [0, 0.1) is 0 Å². The van der Waals surface area contributed by atoms with Gasteiger partial charge in [0.1, 0.15) is 5.75 Å². The first-order chi connectivity index (χ1) is 9.61. The fourth-order valence-electron chi connectivity index (χ4n) is 1.80. The Hall–Kier alpha value is -1.73. The van der Waals surface area contributed by atoms with E-state index in [0.29, 0.717) is 29.4 Å². The number of likely N-dealkylation sites (N-methyl/N-ethyl adjacent to an activating group) is 1. The van der Waals surface area contributed by atoms with Crippen molar-refractivity contribution in [3.8, 4) is 5.75 Å². The molecule has 1 aliphatic heterocycles. The van der Waals surface area contributed by atoms with E-state index in [-0.39, 0.29) is 18.4 Å². The number of rotatable bonds is 5. The molecule has 0 fully saturated rings. The molecular weight excluding hydrogens is 278 g/mol. The van der Waals surface area contributed by atoms with Crippen molar-refractivity contribution in [3.05, 3.63) is 18.2 Å². The number of benzene rings is 1. The van der Waals surface area contributed by atoms with E-state index in [1.807, 2.05) is 0 Å². The highest BCUT2D eigenvalue weighted by atomic mass is 32.2. The summed E-state index contributed by atoms with van der Waals surface area (Å²) in [5.41, 5.74) is 6.67. The number of carbonyl (C=O) groups excluding carboxylic acids is 2. The number of nitrogens with one attached hydrogen (secondary N) is 1. The quantitative estimate of drug-likeness (QED) is 0.780. The van der Waals surface area contributed by atoms with Crippen molar-refractivity contribution in [1.29, 1.82) is 0 Å². The Morgan fingerprint density at radius 2 is 2.35 bits per heavy atom. The van der Waals surface area contributed by atoms with Crippen molar-refractivity contribution in [2.24, 2.45) is 5.73 Å². The van der Waals surface area contributed by atoms with Gasteiger partial charge in [-0.15, -0.1) is 0 Å². The van der Waals surface area contributed by atoms with Crippen LogP contribution in [-0.2, 0) is 9.59 Å². The molecule has 0 aromatic heterocycles. The Kier molecular flexibility index (Phi) is 4.86. The molecule has 20 heavy (non-hydrogen) atoms. The minimum atomic E-state index is -0.112. The number of nitrogens with two attached hydrogens (primary N) is 1. The largest absolute Gasteiger partial charge is 0.482 e. The summed E-state index contributed by atoms with van der Waals surface area (Å²) in [6.45, 7) is 0.603. The number of nitrogens with zero attached hydrogens (tertiary/aromatic N) is 1. The summed E-state index contributed by atoms with van der Waals surface area (Å²) >= 11 is 1.48. The van der Waals surface area contributed by atoms with Crippen molar-refractivity contribution in [1.82, 2.24) is 0 Å². The number of amides is 2. The molecule has 0 aliphatic carbocycles. The van der Waals surface area contributed by atoms with Gasteiger partial charge in [0.25, 0.3) is 5.91 Å². The number of carbonyl (C=O) groups is 2. The Morgan fingerprint density at radius 1 is 1.55 bits per heavy atom. The van der Waals surface area contributed by atoms with E-state index in [1.54, 1.807) is 25.2 Å². The van der Waals surface area contributed by atoms with Crippen LogP contribution in [-0.4, -0.2) is 43.5 Å². The Balaban J connectivity index is 2.03. The lowest BCUT2D eigenvalue weighted by Gasteiger charge is -2.26. The number of ether oxygens (including phenoxy) is 1. The summed E-state index contributed by atoms with van der Waals surface area (Å²) in [5.74, 6) is 1.55. The third kappa shape index (κ3) is 3.43. The molecule has 7 heteroatoms. The Morgan fingerprint density at radius 3 is 3.10 bits per heavy atom. The average molecular weight is 295 g/mol. The van der Waals surface area contributed by atoms with Crippen molar-refractivity contribution in [3.63, 3.8) is 0 Å². The summed E-state index contributed by atoms with van der Waals surface area (Å²) in [4.78, 5) is 24.8. The zero-order valence-electron chi connectivity index (χ0n) is 11.2. The molecule has 0 bridgehead atoms. The summed E-state index contributed by atoms with van der Waals surface area (Å²) in [7, 11) is 1.69. The van der Waals surface area contributed by atoms with Crippen LogP contribution in [0.1, 0.15) is 0 Å². The molecule has 6 nitrogen and oxygen atoms in total. The van der Waals surface area contributed by atoms with E-state index in [2.05, 4.69) is 5.32 Å². The van der Waals surface area contributed by atoms with Crippen LogP contribution in [0.25, 0.3) is 0 Å². The Bertz CT molecular complexity index is 522. The SMILES string of the molecule is CN1C(=O)COc2ccc(NC(=O)CSCCN)cc21. The molecule has 1 aromatic carbocycles. The average Bonchev–Trinajstić information content (AvgIpc) is 2.44. The fraction of sp³-hybridized carbons (Fsp3) is 0.385. The van der Waals surface area contributed by atoms with Gasteiger partial charge in [0.15, 0.2) is 6.61 Å². The lowest BCUT2D eigenvalue weighted by atomic mass is 10.2. The van der Waals surface area contributed by atoms with Crippen molar-refractivity contribution in [2.75, 3.05) is 41.9 Å². The van der Waals surface area contributed by atoms with Crippen LogP contribution >= 0.6 is 11.8 Å². The van der Waals surface area contributed by atoms with Crippen LogP contribution < -0.4 is 20.7 Å². The minimum absolute atomic E-state index is 0.0466. The normalized spacial score (nSPS) is 13.7. The highest BCUT2D eigenvalue weighted by molar-refractivity contribution is 7.99. The molecular formula is C13H17N3O3S. The zero-order valence-corrected chi connectivity index (χ0v) is 12.0. The predicted octanol–water partition coefficient (Wildman–Crippen LogP) is 0.672. The van der Waals surface area contributed by atoms with Crippen molar-refractivity contribution >= 4 is 35.0 Å². The number of fused-ring (bicyclic) bond motifs is 1. The molecule has 0 saturated carbocycles. The predicted molar refractivity (Wildman–Crippen MR) is 80.4 cm³/mol. The van der Waals surface area contributed by atoms with Gasteiger partial charge >= 0.3 is 0 Å². The molecule has 108 valence electrons. The third-order valence-electron chi connectivity index (χ3n) is 2.82. The first kappa shape index (κ1) is 14.7. The molecule has 1 aromatic rings. The van der Waals surface area contributed by atoms with Gasteiger partial charge in [-0.3, -0.25) is 9.59 Å². The standard InChI is InChI=1S/C13H17N3O3S/c1-16-10-6-9(15-12(17)8-20-5-4-14)2-3-11(10)19-7-13(16)18/h2-3,6H,4-5,7-8,14H2,1H3,(H,15,17). The summed E-state index contributed by atoms with van der Waals surface area (Å²) < 4.78 is 5.32. The molecule has 1 heterocycles. The maximum Gasteiger partial charge on any atom is 0.264 e.